The fourth-order valence-electron chi connectivity index (χ4n) is 2.73. The Labute approximate surface area is 165 Å². The second-order valence-electron chi connectivity index (χ2n) is 6.03. The van der Waals surface area contributed by atoms with E-state index >= 15 is 0 Å². The van der Waals surface area contributed by atoms with Crippen molar-refractivity contribution in [1.29, 1.82) is 0 Å². The van der Waals surface area contributed by atoms with Gasteiger partial charge >= 0.3 is 11.9 Å². The zero-order valence-corrected chi connectivity index (χ0v) is 16.6. The minimum atomic E-state index is -0.693. The molecule has 0 bridgehead atoms. The molecular formula is C18H20BrN3O5. The lowest BCUT2D eigenvalue weighted by molar-refractivity contribution is -0.144. The Hall–Kier alpha value is -2.42. The van der Waals surface area contributed by atoms with Gasteiger partial charge in [-0.15, -0.1) is 0 Å². The molecule has 3 rings (SSSR count). The van der Waals surface area contributed by atoms with Crippen LogP contribution < -0.4 is 5.32 Å². The van der Waals surface area contributed by atoms with E-state index in [-0.39, 0.29) is 30.8 Å². The number of nitrogens with one attached hydrogen (secondary N) is 1. The van der Waals surface area contributed by atoms with Crippen molar-refractivity contribution in [3.05, 3.63) is 22.7 Å². The van der Waals surface area contributed by atoms with Crippen molar-refractivity contribution < 1.29 is 23.9 Å². The van der Waals surface area contributed by atoms with Crippen LogP contribution in [0.4, 0.5) is 11.4 Å². The highest BCUT2D eigenvalue weighted by molar-refractivity contribution is 9.10. The van der Waals surface area contributed by atoms with Gasteiger partial charge in [-0.2, -0.15) is 0 Å². The molecule has 1 aromatic carbocycles. The molecule has 1 N–H and O–H groups in total. The van der Waals surface area contributed by atoms with Gasteiger partial charge in [-0.1, -0.05) is 28.0 Å². The maximum absolute atomic E-state index is 11.8. The van der Waals surface area contributed by atoms with E-state index in [9.17, 15) is 9.59 Å². The van der Waals surface area contributed by atoms with E-state index in [1.165, 1.54) is 0 Å². The lowest BCUT2D eigenvalue weighted by atomic mass is 10.0. The van der Waals surface area contributed by atoms with Crippen LogP contribution in [0.2, 0.25) is 0 Å². The van der Waals surface area contributed by atoms with Crippen molar-refractivity contribution in [2.75, 3.05) is 11.9 Å². The van der Waals surface area contributed by atoms with Crippen LogP contribution in [-0.4, -0.2) is 42.3 Å². The van der Waals surface area contributed by atoms with Crippen LogP contribution in [0.5, 0.6) is 0 Å². The molecule has 2 atom stereocenters. The normalized spacial score (nSPS) is 20.6. The van der Waals surface area contributed by atoms with Gasteiger partial charge in [0.25, 0.3) is 0 Å². The van der Waals surface area contributed by atoms with Crippen molar-refractivity contribution in [3.63, 3.8) is 0 Å². The number of fused-ring (bicyclic) bond motifs is 1. The van der Waals surface area contributed by atoms with Crippen molar-refractivity contribution >= 4 is 50.7 Å². The van der Waals surface area contributed by atoms with Gasteiger partial charge in [0.15, 0.2) is 5.71 Å². The summed E-state index contributed by atoms with van der Waals surface area (Å²) >= 11 is 3.43. The zero-order chi connectivity index (χ0) is 19.4. The van der Waals surface area contributed by atoms with Crippen LogP contribution >= 0.6 is 15.9 Å². The van der Waals surface area contributed by atoms with Crippen LogP contribution in [0, 0.1) is 0 Å². The Bertz CT molecular complexity index is 808. The minimum absolute atomic E-state index is 0.247. The predicted molar refractivity (Wildman–Crippen MR) is 103 cm³/mol. The summed E-state index contributed by atoms with van der Waals surface area (Å²) in [6.07, 6.45) is -0.137. The summed E-state index contributed by atoms with van der Waals surface area (Å²) in [5.41, 5.74) is 2.35. The third-order valence-electron chi connectivity index (χ3n) is 4.03. The van der Waals surface area contributed by atoms with Gasteiger partial charge in [0.05, 0.1) is 23.7 Å². The molecule has 2 unspecified atom stereocenters. The van der Waals surface area contributed by atoms with E-state index in [4.69, 9.17) is 14.3 Å². The second kappa shape index (κ2) is 8.51. The van der Waals surface area contributed by atoms with Gasteiger partial charge in [-0.25, -0.2) is 9.79 Å². The molecule has 0 radical (unpaired) electrons. The number of rotatable bonds is 6. The highest BCUT2D eigenvalue weighted by Gasteiger charge is 2.33. The topological polar surface area (TPSA) is 98.6 Å². The molecule has 0 saturated carbocycles. The molecule has 2 aliphatic heterocycles. The summed E-state index contributed by atoms with van der Waals surface area (Å²) in [5, 5.41) is 7.00. The van der Waals surface area contributed by atoms with E-state index in [2.05, 4.69) is 31.4 Å². The Kier molecular flexibility index (Phi) is 6.10. The quantitative estimate of drug-likeness (QED) is 0.685. The number of ether oxygens (including phenoxy) is 2. The fourth-order valence-corrected chi connectivity index (χ4v) is 3.08. The number of nitrogens with zero attached hydrogens (tertiary/aromatic N) is 2. The largest absolute Gasteiger partial charge is 0.461 e. The van der Waals surface area contributed by atoms with Crippen LogP contribution in [0.15, 0.2) is 32.8 Å². The second-order valence-corrected chi connectivity index (χ2v) is 6.94. The summed E-state index contributed by atoms with van der Waals surface area (Å²) in [6, 6.07) is 5.61. The van der Waals surface area contributed by atoms with Gasteiger partial charge in [0.2, 0.25) is 6.23 Å². The van der Waals surface area contributed by atoms with E-state index in [1.807, 2.05) is 18.2 Å². The monoisotopic (exact) mass is 437 g/mol. The Morgan fingerprint density at radius 1 is 1.37 bits per heavy atom. The van der Waals surface area contributed by atoms with Gasteiger partial charge in [0.1, 0.15) is 6.10 Å². The van der Waals surface area contributed by atoms with E-state index in [0.29, 0.717) is 18.6 Å². The molecule has 0 fully saturated rings. The summed E-state index contributed by atoms with van der Waals surface area (Å²) in [6.45, 7) is 3.74. The number of hydrogen-bond donors (Lipinski definition) is 1. The van der Waals surface area contributed by atoms with Gasteiger partial charge in [-0.05, 0) is 25.1 Å². The average molecular weight is 438 g/mol. The van der Waals surface area contributed by atoms with Crippen molar-refractivity contribution in [1.82, 2.24) is 0 Å². The minimum Gasteiger partial charge on any atom is -0.461 e. The highest BCUT2D eigenvalue weighted by Crippen LogP contribution is 2.34. The Morgan fingerprint density at radius 2 is 2.19 bits per heavy atom. The van der Waals surface area contributed by atoms with Gasteiger partial charge in [0, 0.05) is 23.7 Å². The summed E-state index contributed by atoms with van der Waals surface area (Å²) in [5.74, 6) is -0.816. The van der Waals surface area contributed by atoms with Crippen LogP contribution in [0.3, 0.4) is 0 Å². The van der Waals surface area contributed by atoms with Crippen molar-refractivity contribution in [3.8, 4) is 0 Å². The molecular weight excluding hydrogens is 418 g/mol. The van der Waals surface area contributed by atoms with Crippen LogP contribution in [-0.2, 0) is 23.9 Å². The molecule has 0 spiro atoms. The SMILES string of the molecule is CCOC(=O)C1=NOC(CC2=Nc3cc(Br)ccc3NC2OC(=O)CC)C1. The lowest BCUT2D eigenvalue weighted by Gasteiger charge is -2.27. The number of oxime groups is 1. The molecule has 144 valence electrons. The first-order valence-electron chi connectivity index (χ1n) is 8.73. The first kappa shape index (κ1) is 19.3. The molecule has 27 heavy (non-hydrogen) atoms. The summed E-state index contributed by atoms with van der Waals surface area (Å²) in [4.78, 5) is 33.6. The maximum atomic E-state index is 11.8. The molecule has 8 nitrogen and oxygen atoms in total. The van der Waals surface area contributed by atoms with Crippen LogP contribution in [0.25, 0.3) is 0 Å². The molecule has 0 amide bonds. The molecule has 0 saturated heterocycles. The third kappa shape index (κ3) is 4.65. The number of hydrogen-bond acceptors (Lipinski definition) is 8. The number of halogens is 1. The van der Waals surface area contributed by atoms with Crippen molar-refractivity contribution in [2.45, 2.75) is 45.4 Å². The molecule has 2 heterocycles. The number of carbonyl (C=O) groups excluding carboxylic acids is 2. The first-order valence-corrected chi connectivity index (χ1v) is 9.52. The number of aliphatic imine (C=N–C) groups is 1. The number of anilines is 1. The van der Waals surface area contributed by atoms with E-state index in [0.717, 1.165) is 15.8 Å². The van der Waals surface area contributed by atoms with Gasteiger partial charge in [-0.3, -0.25) is 4.79 Å². The zero-order valence-electron chi connectivity index (χ0n) is 15.0. The molecule has 0 aliphatic carbocycles. The summed E-state index contributed by atoms with van der Waals surface area (Å²) in [7, 11) is 0. The van der Waals surface area contributed by atoms with E-state index < -0.39 is 12.2 Å². The smallest absolute Gasteiger partial charge is 0.356 e. The molecule has 0 aromatic heterocycles. The molecule has 2 aliphatic rings. The Morgan fingerprint density at radius 3 is 2.93 bits per heavy atom. The predicted octanol–water partition coefficient (Wildman–Crippen LogP) is 3.32. The summed E-state index contributed by atoms with van der Waals surface area (Å²) < 4.78 is 11.3. The molecule has 1 aromatic rings. The maximum Gasteiger partial charge on any atom is 0.356 e. The first-order chi connectivity index (χ1) is 13.0. The third-order valence-corrected chi connectivity index (χ3v) is 4.53. The number of benzene rings is 1. The number of esters is 2. The lowest BCUT2D eigenvalue weighted by Crippen LogP contribution is -2.38. The fraction of sp³-hybridized carbons (Fsp3) is 0.444. The number of carbonyl (C=O) groups is 2. The van der Waals surface area contributed by atoms with E-state index in [1.54, 1.807) is 13.8 Å². The highest BCUT2D eigenvalue weighted by atomic mass is 79.9. The van der Waals surface area contributed by atoms with Gasteiger partial charge < -0.3 is 19.6 Å². The van der Waals surface area contributed by atoms with Crippen molar-refractivity contribution in [2.24, 2.45) is 10.1 Å². The standard InChI is InChI=1S/C18H20BrN3O5/c1-3-16(23)26-17-14(20-13-7-10(19)5-6-12(13)21-17)8-11-9-15(22-27-11)18(24)25-4-2/h5-7,11,17,21H,3-4,8-9H2,1-2H3. The Balaban J connectivity index is 1.76. The molecule has 9 heteroatoms. The average Bonchev–Trinajstić information content (AvgIpc) is 3.11. The van der Waals surface area contributed by atoms with Crippen LogP contribution in [0.1, 0.15) is 33.1 Å².